The minimum Gasteiger partial charge on any atom is -0.476 e. The number of hydrogen-bond acceptors (Lipinski definition) is 6. The molecule has 0 aromatic carbocycles. The zero-order valence-corrected chi connectivity index (χ0v) is 9.41. The predicted molar refractivity (Wildman–Crippen MR) is 58.9 cm³/mol. The van der Waals surface area contributed by atoms with Crippen molar-refractivity contribution < 1.29 is 14.4 Å². The van der Waals surface area contributed by atoms with Gasteiger partial charge in [-0.1, -0.05) is 16.5 Å². The number of nitrogens with one attached hydrogen (secondary N) is 2. The second-order valence-corrected chi connectivity index (χ2v) is 4.10. The summed E-state index contributed by atoms with van der Waals surface area (Å²) in [4.78, 5) is 23.9. The second-order valence-electron chi connectivity index (χ2n) is 3.26. The molecule has 0 radical (unpaired) electrons. The summed E-state index contributed by atoms with van der Waals surface area (Å²) in [6.07, 6.45) is 0. The van der Waals surface area contributed by atoms with Crippen LogP contribution in [0.3, 0.4) is 0 Å². The summed E-state index contributed by atoms with van der Waals surface area (Å²) in [7, 11) is 0. The number of aromatic carboxylic acids is 1. The monoisotopic (exact) mass is 255 g/mol. The number of thiazole rings is 1. The van der Waals surface area contributed by atoms with Crippen molar-refractivity contribution in [3.63, 3.8) is 0 Å². The molecule has 0 saturated carbocycles. The number of aromatic amines is 1. The Morgan fingerprint density at radius 2 is 2.41 bits per heavy atom. The van der Waals surface area contributed by atoms with Crippen LogP contribution in [-0.2, 0) is 13.1 Å². The maximum atomic E-state index is 10.8. The number of nitrogens with zero attached hydrogens (tertiary/aromatic N) is 1. The van der Waals surface area contributed by atoms with Crippen LogP contribution in [0.25, 0.3) is 0 Å². The fourth-order valence-electron chi connectivity index (χ4n) is 1.22. The molecule has 2 aromatic heterocycles. The topological polar surface area (TPSA) is 108 Å². The SMILES string of the molecule is O=C(O)c1cc(CNCc2csc(=O)[nH]2)on1. The Balaban J connectivity index is 1.85. The highest BCUT2D eigenvalue weighted by Gasteiger charge is 2.10. The molecule has 0 spiro atoms. The first-order chi connectivity index (χ1) is 8.15. The fourth-order valence-corrected chi connectivity index (χ4v) is 1.80. The molecular formula is C9H9N3O4S. The lowest BCUT2D eigenvalue weighted by Gasteiger charge is -1.98. The van der Waals surface area contributed by atoms with Crippen molar-refractivity contribution in [2.75, 3.05) is 0 Å². The van der Waals surface area contributed by atoms with E-state index in [0.29, 0.717) is 18.8 Å². The van der Waals surface area contributed by atoms with Crippen LogP contribution in [0.4, 0.5) is 0 Å². The van der Waals surface area contributed by atoms with E-state index in [1.807, 2.05) is 0 Å². The van der Waals surface area contributed by atoms with Crippen molar-refractivity contribution in [1.82, 2.24) is 15.5 Å². The third-order valence-corrected chi connectivity index (χ3v) is 2.68. The average Bonchev–Trinajstić information content (AvgIpc) is 2.88. The van der Waals surface area contributed by atoms with E-state index in [4.69, 9.17) is 9.63 Å². The Morgan fingerprint density at radius 3 is 3.00 bits per heavy atom. The molecule has 0 fully saturated rings. The lowest BCUT2D eigenvalue weighted by Crippen LogP contribution is -2.13. The van der Waals surface area contributed by atoms with Crippen molar-refractivity contribution in [2.24, 2.45) is 0 Å². The number of hydrogen-bond donors (Lipinski definition) is 3. The molecule has 0 amide bonds. The van der Waals surface area contributed by atoms with Crippen LogP contribution < -0.4 is 10.2 Å². The van der Waals surface area contributed by atoms with Crippen LogP contribution in [0.5, 0.6) is 0 Å². The molecule has 0 saturated heterocycles. The largest absolute Gasteiger partial charge is 0.476 e. The minimum absolute atomic E-state index is 0.102. The lowest BCUT2D eigenvalue weighted by molar-refractivity contribution is 0.0685. The number of carboxylic acids is 1. The van der Waals surface area contributed by atoms with E-state index in [2.05, 4.69) is 15.5 Å². The summed E-state index contributed by atoms with van der Waals surface area (Å²) in [5.74, 6) is -0.692. The first-order valence-electron chi connectivity index (χ1n) is 4.71. The van der Waals surface area contributed by atoms with Gasteiger partial charge in [-0.15, -0.1) is 0 Å². The molecule has 0 unspecified atom stereocenters. The van der Waals surface area contributed by atoms with Gasteiger partial charge in [0.25, 0.3) is 0 Å². The molecule has 8 heteroatoms. The Kier molecular flexibility index (Phi) is 3.35. The fraction of sp³-hybridized carbons (Fsp3) is 0.222. The summed E-state index contributed by atoms with van der Waals surface area (Å²) < 4.78 is 4.81. The molecular weight excluding hydrogens is 246 g/mol. The van der Waals surface area contributed by atoms with Gasteiger partial charge in [0.15, 0.2) is 11.5 Å². The number of aromatic nitrogens is 2. The normalized spacial score (nSPS) is 10.6. The molecule has 90 valence electrons. The highest BCUT2D eigenvalue weighted by Crippen LogP contribution is 2.03. The summed E-state index contributed by atoms with van der Waals surface area (Å²) in [6, 6.07) is 1.35. The Morgan fingerprint density at radius 1 is 1.59 bits per heavy atom. The van der Waals surface area contributed by atoms with Gasteiger partial charge < -0.3 is 19.9 Å². The Labute approximate surface area is 99.1 Å². The van der Waals surface area contributed by atoms with Crippen LogP contribution >= 0.6 is 11.3 Å². The number of carboxylic acid groups (broad SMARTS) is 1. The van der Waals surface area contributed by atoms with Gasteiger partial charge in [-0.25, -0.2) is 4.79 Å². The average molecular weight is 255 g/mol. The smallest absolute Gasteiger partial charge is 0.358 e. The van der Waals surface area contributed by atoms with Gasteiger partial charge in [-0.05, 0) is 0 Å². The molecule has 0 atom stereocenters. The first-order valence-corrected chi connectivity index (χ1v) is 5.59. The molecule has 2 heterocycles. The van der Waals surface area contributed by atoms with Crippen LogP contribution in [-0.4, -0.2) is 21.2 Å². The third kappa shape index (κ3) is 3.02. The van der Waals surface area contributed by atoms with Crippen LogP contribution in [0, 0.1) is 0 Å². The van der Waals surface area contributed by atoms with Crippen molar-refractivity contribution in [3.05, 3.63) is 38.3 Å². The van der Waals surface area contributed by atoms with Crippen molar-refractivity contribution in [1.29, 1.82) is 0 Å². The summed E-state index contributed by atoms with van der Waals surface area (Å²) in [6.45, 7) is 0.819. The van der Waals surface area contributed by atoms with E-state index in [0.717, 1.165) is 17.0 Å². The van der Waals surface area contributed by atoms with E-state index >= 15 is 0 Å². The summed E-state index contributed by atoms with van der Waals surface area (Å²) in [5, 5.41) is 16.7. The zero-order chi connectivity index (χ0) is 12.3. The highest BCUT2D eigenvalue weighted by atomic mass is 32.1. The molecule has 2 aromatic rings. The van der Waals surface area contributed by atoms with E-state index < -0.39 is 5.97 Å². The van der Waals surface area contributed by atoms with Crippen LogP contribution in [0.15, 0.2) is 20.8 Å². The third-order valence-electron chi connectivity index (χ3n) is 1.96. The van der Waals surface area contributed by atoms with Gasteiger partial charge >= 0.3 is 10.8 Å². The number of carbonyl (C=O) groups is 1. The Hall–Kier alpha value is -1.93. The molecule has 0 aliphatic carbocycles. The highest BCUT2D eigenvalue weighted by molar-refractivity contribution is 7.07. The molecule has 0 aliphatic rings. The standard InChI is InChI=1S/C9H9N3O4S/c13-8(14)7-1-6(16-12-7)3-10-2-5-4-17-9(15)11-5/h1,4,10H,2-3H2,(H,11,15)(H,13,14). The molecule has 3 N–H and O–H groups in total. The molecule has 17 heavy (non-hydrogen) atoms. The quantitative estimate of drug-likeness (QED) is 0.714. The summed E-state index contributed by atoms with van der Waals surface area (Å²) in [5.41, 5.74) is 0.656. The predicted octanol–water partition coefficient (Wildman–Crippen LogP) is 0.412. The molecule has 7 nitrogen and oxygen atoms in total. The lowest BCUT2D eigenvalue weighted by atomic mass is 10.3. The number of H-pyrrole nitrogens is 1. The maximum Gasteiger partial charge on any atom is 0.358 e. The summed E-state index contributed by atoms with van der Waals surface area (Å²) >= 11 is 1.09. The molecule has 0 aliphatic heterocycles. The van der Waals surface area contributed by atoms with E-state index in [-0.39, 0.29) is 10.6 Å². The van der Waals surface area contributed by atoms with Gasteiger partial charge in [0.05, 0.1) is 6.54 Å². The number of rotatable bonds is 5. The van der Waals surface area contributed by atoms with E-state index in [1.54, 1.807) is 5.38 Å². The second kappa shape index (κ2) is 4.93. The van der Waals surface area contributed by atoms with Gasteiger partial charge in [0, 0.05) is 23.7 Å². The maximum absolute atomic E-state index is 10.8. The minimum atomic E-state index is -1.12. The van der Waals surface area contributed by atoms with Gasteiger partial charge in [0.2, 0.25) is 0 Å². The van der Waals surface area contributed by atoms with E-state index in [9.17, 15) is 9.59 Å². The Bertz CT molecular complexity index is 571. The van der Waals surface area contributed by atoms with Crippen molar-refractivity contribution in [2.45, 2.75) is 13.1 Å². The van der Waals surface area contributed by atoms with Crippen LogP contribution in [0.2, 0.25) is 0 Å². The van der Waals surface area contributed by atoms with Gasteiger partial charge in [-0.2, -0.15) is 0 Å². The van der Waals surface area contributed by atoms with Crippen molar-refractivity contribution >= 4 is 17.3 Å². The molecule has 2 rings (SSSR count). The zero-order valence-electron chi connectivity index (χ0n) is 8.60. The van der Waals surface area contributed by atoms with Crippen molar-refractivity contribution in [3.8, 4) is 0 Å². The van der Waals surface area contributed by atoms with E-state index in [1.165, 1.54) is 6.07 Å². The first kappa shape index (κ1) is 11.6. The van der Waals surface area contributed by atoms with Crippen LogP contribution in [0.1, 0.15) is 21.9 Å². The molecule has 0 bridgehead atoms. The van der Waals surface area contributed by atoms with Gasteiger partial charge in [0.1, 0.15) is 0 Å². The van der Waals surface area contributed by atoms with Gasteiger partial charge in [-0.3, -0.25) is 4.79 Å².